The first-order chi connectivity index (χ1) is 11.8. The SMILES string of the molecule is CC(C)CC(=O)Nc1cc(N2CCOCC2)c([N+](=O)[O-])cc1[N+](=O)[O-]. The number of anilines is 2. The van der Waals surface area contributed by atoms with E-state index >= 15 is 0 Å². The van der Waals surface area contributed by atoms with Crippen LogP contribution in [-0.2, 0) is 9.53 Å². The number of amides is 1. The van der Waals surface area contributed by atoms with E-state index in [1.165, 1.54) is 6.07 Å². The number of benzene rings is 1. The molecule has 0 bridgehead atoms. The third-order valence-corrected chi connectivity index (χ3v) is 3.71. The van der Waals surface area contributed by atoms with E-state index in [1.54, 1.807) is 4.90 Å². The van der Waals surface area contributed by atoms with Crippen LogP contribution in [0.5, 0.6) is 0 Å². The Kier molecular flexibility index (Phi) is 5.86. The van der Waals surface area contributed by atoms with Crippen molar-refractivity contribution in [2.45, 2.75) is 20.3 Å². The Morgan fingerprint density at radius 3 is 2.32 bits per heavy atom. The number of nitrogens with one attached hydrogen (secondary N) is 1. The highest BCUT2D eigenvalue weighted by Gasteiger charge is 2.29. The number of ether oxygens (including phenoxy) is 1. The van der Waals surface area contributed by atoms with Crippen LogP contribution in [0.15, 0.2) is 12.1 Å². The van der Waals surface area contributed by atoms with E-state index in [2.05, 4.69) is 5.32 Å². The van der Waals surface area contributed by atoms with Crippen LogP contribution in [0.2, 0.25) is 0 Å². The van der Waals surface area contributed by atoms with Gasteiger partial charge in [-0.05, 0) is 12.0 Å². The molecule has 1 N–H and O–H groups in total. The topological polar surface area (TPSA) is 128 Å². The highest BCUT2D eigenvalue weighted by Crippen LogP contribution is 2.38. The lowest BCUT2D eigenvalue weighted by Crippen LogP contribution is -2.36. The fraction of sp³-hybridized carbons (Fsp3) is 0.533. The van der Waals surface area contributed by atoms with Crippen LogP contribution in [0.1, 0.15) is 20.3 Å². The van der Waals surface area contributed by atoms with Crippen LogP contribution in [-0.4, -0.2) is 42.1 Å². The zero-order chi connectivity index (χ0) is 18.6. The van der Waals surface area contributed by atoms with E-state index in [0.717, 1.165) is 6.07 Å². The van der Waals surface area contributed by atoms with Crippen molar-refractivity contribution >= 4 is 28.7 Å². The van der Waals surface area contributed by atoms with Crippen LogP contribution < -0.4 is 10.2 Å². The molecule has 0 aromatic heterocycles. The van der Waals surface area contributed by atoms with Gasteiger partial charge in [-0.1, -0.05) is 13.8 Å². The van der Waals surface area contributed by atoms with Gasteiger partial charge < -0.3 is 15.0 Å². The molecular weight excluding hydrogens is 332 g/mol. The molecule has 1 aliphatic rings. The van der Waals surface area contributed by atoms with Crippen molar-refractivity contribution in [3.8, 4) is 0 Å². The average Bonchev–Trinajstić information content (AvgIpc) is 2.54. The molecule has 0 radical (unpaired) electrons. The van der Waals surface area contributed by atoms with Gasteiger partial charge in [0.05, 0.1) is 29.1 Å². The Hall–Kier alpha value is -2.75. The summed E-state index contributed by atoms with van der Waals surface area (Å²) in [5, 5.41) is 25.1. The van der Waals surface area contributed by atoms with Crippen LogP contribution in [0.4, 0.5) is 22.7 Å². The van der Waals surface area contributed by atoms with E-state index in [4.69, 9.17) is 4.74 Å². The molecule has 1 aromatic rings. The molecule has 10 heteroatoms. The molecule has 0 atom stereocenters. The molecular formula is C15H20N4O6. The maximum atomic E-state index is 12.0. The van der Waals surface area contributed by atoms with E-state index in [0.29, 0.717) is 26.3 Å². The molecule has 1 amide bonds. The third kappa shape index (κ3) is 4.63. The minimum Gasteiger partial charge on any atom is -0.378 e. The summed E-state index contributed by atoms with van der Waals surface area (Å²) in [6.07, 6.45) is 0.195. The van der Waals surface area contributed by atoms with Crippen molar-refractivity contribution in [2.75, 3.05) is 36.5 Å². The van der Waals surface area contributed by atoms with Gasteiger partial charge in [-0.3, -0.25) is 25.0 Å². The van der Waals surface area contributed by atoms with Crippen molar-refractivity contribution in [1.82, 2.24) is 0 Å². The molecule has 0 spiro atoms. The fourth-order valence-corrected chi connectivity index (χ4v) is 2.59. The molecule has 136 valence electrons. The second-order valence-electron chi connectivity index (χ2n) is 6.12. The van der Waals surface area contributed by atoms with Gasteiger partial charge in [0.2, 0.25) is 5.91 Å². The summed E-state index contributed by atoms with van der Waals surface area (Å²) in [7, 11) is 0. The highest BCUT2D eigenvalue weighted by molar-refractivity contribution is 5.95. The third-order valence-electron chi connectivity index (χ3n) is 3.71. The number of nitro groups is 2. The molecule has 2 rings (SSSR count). The zero-order valence-corrected chi connectivity index (χ0v) is 14.1. The molecule has 1 aliphatic heterocycles. The number of carbonyl (C=O) groups excluding carboxylic acids is 1. The first-order valence-corrected chi connectivity index (χ1v) is 7.89. The Morgan fingerprint density at radius 1 is 1.20 bits per heavy atom. The number of hydrogen-bond donors (Lipinski definition) is 1. The number of nitrogens with zero attached hydrogens (tertiary/aromatic N) is 3. The lowest BCUT2D eigenvalue weighted by Gasteiger charge is -2.28. The first kappa shape index (κ1) is 18.6. The molecule has 25 heavy (non-hydrogen) atoms. The molecule has 0 aliphatic carbocycles. The quantitative estimate of drug-likeness (QED) is 0.614. The second-order valence-corrected chi connectivity index (χ2v) is 6.12. The van der Waals surface area contributed by atoms with Crippen molar-refractivity contribution < 1.29 is 19.4 Å². The van der Waals surface area contributed by atoms with Crippen LogP contribution >= 0.6 is 0 Å². The normalized spacial score (nSPS) is 14.4. The van der Waals surface area contributed by atoms with Gasteiger partial charge in [0.1, 0.15) is 11.4 Å². The van der Waals surface area contributed by atoms with Crippen LogP contribution in [0.3, 0.4) is 0 Å². The van der Waals surface area contributed by atoms with Gasteiger partial charge in [-0.25, -0.2) is 0 Å². The number of morpholine rings is 1. The molecule has 1 heterocycles. The smallest absolute Gasteiger partial charge is 0.299 e. The lowest BCUT2D eigenvalue weighted by atomic mass is 10.1. The van der Waals surface area contributed by atoms with Crippen LogP contribution in [0.25, 0.3) is 0 Å². The largest absolute Gasteiger partial charge is 0.378 e. The van der Waals surface area contributed by atoms with E-state index < -0.39 is 15.5 Å². The van der Waals surface area contributed by atoms with E-state index in [-0.39, 0.29) is 35.3 Å². The predicted octanol–water partition coefficient (Wildman–Crippen LogP) is 2.32. The van der Waals surface area contributed by atoms with Gasteiger partial charge >= 0.3 is 0 Å². The summed E-state index contributed by atoms with van der Waals surface area (Å²) in [6, 6.07) is 2.20. The Bertz CT molecular complexity index is 685. The lowest BCUT2D eigenvalue weighted by molar-refractivity contribution is -0.393. The molecule has 1 aromatic carbocycles. The van der Waals surface area contributed by atoms with Crippen LogP contribution in [0, 0.1) is 26.1 Å². The molecule has 1 fully saturated rings. The summed E-state index contributed by atoms with van der Waals surface area (Å²) in [5.41, 5.74) is -0.669. The molecule has 10 nitrogen and oxygen atoms in total. The van der Waals surface area contributed by atoms with E-state index in [1.807, 2.05) is 13.8 Å². The molecule has 0 unspecified atom stereocenters. The van der Waals surface area contributed by atoms with Crippen molar-refractivity contribution in [3.63, 3.8) is 0 Å². The minimum absolute atomic E-state index is 0.0391. The van der Waals surface area contributed by atoms with Crippen molar-refractivity contribution in [2.24, 2.45) is 5.92 Å². The standard InChI is InChI=1S/C15H20N4O6/c1-10(2)7-15(20)16-11-8-13(17-3-5-25-6-4-17)14(19(23)24)9-12(11)18(21)22/h8-10H,3-7H2,1-2H3,(H,16,20). The van der Waals surface area contributed by atoms with E-state index in [9.17, 15) is 25.0 Å². The maximum absolute atomic E-state index is 12.0. The van der Waals surface area contributed by atoms with Crippen molar-refractivity contribution in [1.29, 1.82) is 0 Å². The summed E-state index contributed by atoms with van der Waals surface area (Å²) >= 11 is 0. The Labute approximate surface area is 144 Å². The monoisotopic (exact) mass is 352 g/mol. The fourth-order valence-electron chi connectivity index (χ4n) is 2.59. The first-order valence-electron chi connectivity index (χ1n) is 7.89. The number of hydrogen-bond acceptors (Lipinski definition) is 7. The number of nitro benzene ring substituents is 2. The number of rotatable bonds is 6. The average molecular weight is 352 g/mol. The minimum atomic E-state index is -0.735. The van der Waals surface area contributed by atoms with Gasteiger partial charge in [-0.2, -0.15) is 0 Å². The van der Waals surface area contributed by atoms with Gasteiger partial charge in [0, 0.05) is 19.5 Å². The molecule has 1 saturated heterocycles. The highest BCUT2D eigenvalue weighted by atomic mass is 16.6. The Morgan fingerprint density at radius 2 is 1.80 bits per heavy atom. The van der Waals surface area contributed by atoms with Crippen molar-refractivity contribution in [3.05, 3.63) is 32.4 Å². The van der Waals surface area contributed by atoms with Gasteiger partial charge in [-0.15, -0.1) is 0 Å². The summed E-state index contributed by atoms with van der Waals surface area (Å²) in [5.74, 6) is -0.296. The molecule has 0 saturated carbocycles. The van der Waals surface area contributed by atoms with Gasteiger partial charge in [0.15, 0.2) is 0 Å². The van der Waals surface area contributed by atoms with Gasteiger partial charge in [0.25, 0.3) is 11.4 Å². The predicted molar refractivity (Wildman–Crippen MR) is 90.9 cm³/mol. The number of carbonyl (C=O) groups is 1. The maximum Gasteiger partial charge on any atom is 0.299 e. The summed E-state index contributed by atoms with van der Waals surface area (Å²) in [6.45, 7) is 5.37. The Balaban J connectivity index is 2.46. The zero-order valence-electron chi connectivity index (χ0n) is 14.1. The second kappa shape index (κ2) is 7.88. The summed E-state index contributed by atoms with van der Waals surface area (Å²) < 4.78 is 5.23. The summed E-state index contributed by atoms with van der Waals surface area (Å²) in [4.78, 5) is 35.0.